The molecule has 1 aliphatic rings. The van der Waals surface area contributed by atoms with Gasteiger partial charge in [-0.25, -0.2) is 0 Å². The zero-order chi connectivity index (χ0) is 17.2. The Morgan fingerprint density at radius 3 is 2.67 bits per heavy atom. The van der Waals surface area contributed by atoms with Crippen LogP contribution >= 0.6 is 0 Å². The van der Waals surface area contributed by atoms with Crippen molar-refractivity contribution in [2.24, 2.45) is 0 Å². The SMILES string of the molecule is Cc1ccc(OCC(=O)NC2CC(C)(C)Oc3ccccc32)cc1. The maximum absolute atomic E-state index is 12.3. The summed E-state index contributed by atoms with van der Waals surface area (Å²) in [6.07, 6.45) is 0.723. The van der Waals surface area contributed by atoms with Crippen LogP contribution in [-0.4, -0.2) is 18.1 Å². The highest BCUT2D eigenvalue weighted by molar-refractivity contribution is 5.78. The number of carbonyl (C=O) groups is 1. The average Bonchev–Trinajstić information content (AvgIpc) is 2.53. The number of ether oxygens (including phenoxy) is 2. The molecule has 2 aromatic rings. The minimum atomic E-state index is -0.315. The number of rotatable bonds is 4. The van der Waals surface area contributed by atoms with Crippen molar-refractivity contribution in [3.63, 3.8) is 0 Å². The Labute approximate surface area is 142 Å². The van der Waals surface area contributed by atoms with Gasteiger partial charge in [0.25, 0.3) is 5.91 Å². The van der Waals surface area contributed by atoms with E-state index in [4.69, 9.17) is 9.47 Å². The summed E-state index contributed by atoms with van der Waals surface area (Å²) in [4.78, 5) is 12.3. The van der Waals surface area contributed by atoms with E-state index in [-0.39, 0.29) is 24.2 Å². The number of hydrogen-bond donors (Lipinski definition) is 1. The fraction of sp³-hybridized carbons (Fsp3) is 0.350. The maximum Gasteiger partial charge on any atom is 0.258 e. The molecule has 0 saturated heterocycles. The van der Waals surface area contributed by atoms with Crippen LogP contribution < -0.4 is 14.8 Å². The first-order chi connectivity index (χ1) is 11.4. The van der Waals surface area contributed by atoms with Crippen molar-refractivity contribution < 1.29 is 14.3 Å². The Balaban J connectivity index is 1.64. The van der Waals surface area contributed by atoms with E-state index in [1.54, 1.807) is 0 Å². The number of carbonyl (C=O) groups excluding carboxylic acids is 1. The third-order valence-electron chi connectivity index (χ3n) is 4.10. The van der Waals surface area contributed by atoms with E-state index in [1.165, 1.54) is 0 Å². The van der Waals surface area contributed by atoms with Gasteiger partial charge >= 0.3 is 0 Å². The van der Waals surface area contributed by atoms with Crippen molar-refractivity contribution in [2.75, 3.05) is 6.61 Å². The molecule has 1 heterocycles. The smallest absolute Gasteiger partial charge is 0.258 e. The highest BCUT2D eigenvalue weighted by Gasteiger charge is 2.34. The Morgan fingerprint density at radius 2 is 1.92 bits per heavy atom. The molecule has 1 unspecified atom stereocenters. The molecule has 4 heteroatoms. The first-order valence-electron chi connectivity index (χ1n) is 8.20. The third kappa shape index (κ3) is 3.88. The fourth-order valence-electron chi connectivity index (χ4n) is 2.95. The maximum atomic E-state index is 12.3. The number of amides is 1. The van der Waals surface area contributed by atoms with Crippen LogP contribution in [0.5, 0.6) is 11.5 Å². The number of aryl methyl sites for hydroxylation is 1. The molecule has 3 rings (SSSR count). The molecule has 2 aromatic carbocycles. The second-order valence-electron chi connectivity index (χ2n) is 6.83. The van der Waals surface area contributed by atoms with Crippen LogP contribution in [0.2, 0.25) is 0 Å². The molecule has 0 bridgehead atoms. The minimum Gasteiger partial charge on any atom is -0.487 e. The van der Waals surface area contributed by atoms with Crippen LogP contribution in [0.25, 0.3) is 0 Å². The summed E-state index contributed by atoms with van der Waals surface area (Å²) in [6, 6.07) is 15.4. The summed E-state index contributed by atoms with van der Waals surface area (Å²) in [7, 11) is 0. The predicted octanol–water partition coefficient (Wildman–Crippen LogP) is 3.79. The van der Waals surface area contributed by atoms with Gasteiger partial charge in [0.05, 0.1) is 6.04 Å². The fourth-order valence-corrected chi connectivity index (χ4v) is 2.95. The van der Waals surface area contributed by atoms with Gasteiger partial charge in [0.15, 0.2) is 6.61 Å². The van der Waals surface area contributed by atoms with Gasteiger partial charge in [-0.2, -0.15) is 0 Å². The summed E-state index contributed by atoms with van der Waals surface area (Å²) in [5, 5.41) is 3.07. The van der Waals surface area contributed by atoms with Crippen LogP contribution in [0.3, 0.4) is 0 Å². The zero-order valence-electron chi connectivity index (χ0n) is 14.3. The van der Waals surface area contributed by atoms with Gasteiger partial charge in [0.2, 0.25) is 0 Å². The normalized spacial score (nSPS) is 18.2. The van der Waals surface area contributed by atoms with Gasteiger partial charge in [0, 0.05) is 12.0 Å². The number of para-hydroxylation sites is 1. The molecule has 0 saturated carbocycles. The lowest BCUT2D eigenvalue weighted by Crippen LogP contribution is -2.42. The highest BCUT2D eigenvalue weighted by Crippen LogP contribution is 2.39. The Hall–Kier alpha value is -2.49. The van der Waals surface area contributed by atoms with Crippen LogP contribution in [0.15, 0.2) is 48.5 Å². The van der Waals surface area contributed by atoms with Gasteiger partial charge in [-0.1, -0.05) is 35.9 Å². The molecule has 0 spiro atoms. The third-order valence-corrected chi connectivity index (χ3v) is 4.10. The zero-order valence-corrected chi connectivity index (χ0v) is 14.3. The van der Waals surface area contributed by atoms with Crippen molar-refractivity contribution in [1.82, 2.24) is 5.32 Å². The molecule has 126 valence electrons. The van der Waals surface area contributed by atoms with Gasteiger partial charge in [-0.05, 0) is 39.0 Å². The Morgan fingerprint density at radius 1 is 1.21 bits per heavy atom. The summed E-state index contributed by atoms with van der Waals surface area (Å²) in [6.45, 7) is 6.08. The van der Waals surface area contributed by atoms with Gasteiger partial charge in [0.1, 0.15) is 17.1 Å². The number of hydrogen-bond acceptors (Lipinski definition) is 3. The van der Waals surface area contributed by atoms with Crippen molar-refractivity contribution in [3.8, 4) is 11.5 Å². The molecule has 1 amide bonds. The number of nitrogens with one attached hydrogen (secondary N) is 1. The van der Waals surface area contributed by atoms with Gasteiger partial charge < -0.3 is 14.8 Å². The second-order valence-corrected chi connectivity index (χ2v) is 6.83. The van der Waals surface area contributed by atoms with Crippen molar-refractivity contribution >= 4 is 5.91 Å². The lowest BCUT2D eigenvalue weighted by Gasteiger charge is -2.37. The molecule has 0 aromatic heterocycles. The van der Waals surface area contributed by atoms with Crippen LogP contribution in [0, 0.1) is 6.92 Å². The van der Waals surface area contributed by atoms with E-state index in [2.05, 4.69) is 5.32 Å². The van der Waals surface area contributed by atoms with E-state index < -0.39 is 0 Å². The molecule has 4 nitrogen and oxygen atoms in total. The summed E-state index contributed by atoms with van der Waals surface area (Å²) < 4.78 is 11.6. The largest absolute Gasteiger partial charge is 0.487 e. The molecule has 1 atom stereocenters. The quantitative estimate of drug-likeness (QED) is 0.930. The highest BCUT2D eigenvalue weighted by atomic mass is 16.5. The van der Waals surface area contributed by atoms with Crippen molar-refractivity contribution in [3.05, 3.63) is 59.7 Å². The van der Waals surface area contributed by atoms with Crippen LogP contribution in [-0.2, 0) is 4.79 Å². The predicted molar refractivity (Wildman–Crippen MR) is 93.3 cm³/mol. The van der Waals surface area contributed by atoms with Crippen molar-refractivity contribution in [1.29, 1.82) is 0 Å². The summed E-state index contributed by atoms with van der Waals surface area (Å²) in [5.41, 5.74) is 1.86. The minimum absolute atomic E-state index is 0.00299. The molecule has 24 heavy (non-hydrogen) atoms. The molecule has 0 radical (unpaired) electrons. The summed E-state index contributed by atoms with van der Waals surface area (Å²) in [5.74, 6) is 1.40. The summed E-state index contributed by atoms with van der Waals surface area (Å²) >= 11 is 0. The van der Waals surface area contributed by atoms with Crippen LogP contribution in [0.1, 0.15) is 37.4 Å². The molecule has 0 aliphatic carbocycles. The molecule has 1 N–H and O–H groups in total. The van der Waals surface area contributed by atoms with E-state index >= 15 is 0 Å². The Kier molecular flexibility index (Phi) is 4.47. The molecular weight excluding hydrogens is 302 g/mol. The van der Waals surface area contributed by atoms with E-state index in [1.807, 2.05) is 69.3 Å². The average molecular weight is 325 g/mol. The number of fused-ring (bicyclic) bond motifs is 1. The molecular formula is C20H23NO3. The van der Waals surface area contributed by atoms with E-state index in [0.29, 0.717) is 5.75 Å². The lowest BCUT2D eigenvalue weighted by molar-refractivity contribution is -0.124. The monoisotopic (exact) mass is 325 g/mol. The van der Waals surface area contributed by atoms with Gasteiger partial charge in [-0.15, -0.1) is 0 Å². The van der Waals surface area contributed by atoms with Gasteiger partial charge in [-0.3, -0.25) is 4.79 Å². The first kappa shape index (κ1) is 16.4. The van der Waals surface area contributed by atoms with Crippen LogP contribution in [0.4, 0.5) is 0 Å². The van der Waals surface area contributed by atoms with E-state index in [0.717, 1.165) is 23.3 Å². The van der Waals surface area contributed by atoms with Crippen molar-refractivity contribution in [2.45, 2.75) is 38.8 Å². The molecule has 1 aliphatic heterocycles. The second kappa shape index (κ2) is 6.56. The first-order valence-corrected chi connectivity index (χ1v) is 8.20. The standard InChI is InChI=1S/C20H23NO3/c1-14-8-10-15(11-9-14)23-13-19(22)21-17-12-20(2,3)24-18-7-5-4-6-16(17)18/h4-11,17H,12-13H2,1-3H3,(H,21,22). The number of benzene rings is 2. The lowest BCUT2D eigenvalue weighted by atomic mass is 9.90. The molecule has 0 fully saturated rings. The topological polar surface area (TPSA) is 47.6 Å². The van der Waals surface area contributed by atoms with E-state index in [9.17, 15) is 4.79 Å². The Bertz CT molecular complexity index is 722.